The Hall–Kier alpha value is -1.44. The van der Waals surface area contributed by atoms with Crippen LogP contribution in [0.3, 0.4) is 0 Å². The molecule has 3 N–H and O–H groups in total. The van der Waals surface area contributed by atoms with E-state index in [-0.39, 0.29) is 12.1 Å². The second kappa shape index (κ2) is 5.68. The molecule has 2 rings (SSSR count). The number of anilines is 1. The van der Waals surface area contributed by atoms with Crippen LogP contribution in [0.15, 0.2) is 27.7 Å². The van der Waals surface area contributed by atoms with Crippen molar-refractivity contribution < 1.29 is 0 Å². The van der Waals surface area contributed by atoms with Gasteiger partial charge in [-0.15, -0.1) is 0 Å². The summed E-state index contributed by atoms with van der Waals surface area (Å²) in [5.74, 6) is 5.77. The van der Waals surface area contributed by atoms with Gasteiger partial charge >= 0.3 is 0 Å². The van der Waals surface area contributed by atoms with Crippen LogP contribution in [0.25, 0.3) is 0 Å². The van der Waals surface area contributed by atoms with E-state index in [1.165, 1.54) is 10.9 Å². The first-order valence-corrected chi connectivity index (χ1v) is 6.53. The fourth-order valence-electron chi connectivity index (χ4n) is 1.50. The average Bonchev–Trinajstić information content (AvgIpc) is 2.41. The molecular weight excluding hydrogens is 334 g/mol. The topological polar surface area (TPSA) is 85.8 Å². The molecule has 0 aliphatic rings. The smallest absolute Gasteiger partial charge is 0.268 e. The van der Waals surface area contributed by atoms with E-state index in [0.29, 0.717) is 26.7 Å². The summed E-state index contributed by atoms with van der Waals surface area (Å²) in [6.07, 6.45) is 1.46. The minimum absolute atomic E-state index is 0.184. The number of hydrogen-bond acceptors (Lipinski definition) is 5. The van der Waals surface area contributed by atoms with Gasteiger partial charge in [-0.2, -0.15) is 0 Å². The molecule has 0 atom stereocenters. The number of halogens is 2. The third kappa shape index (κ3) is 2.94. The number of aryl methyl sites for hydroxylation is 1. The summed E-state index contributed by atoms with van der Waals surface area (Å²) < 4.78 is 1.85. The van der Waals surface area contributed by atoms with Gasteiger partial charge in [0.1, 0.15) is 10.3 Å². The van der Waals surface area contributed by atoms with Crippen LogP contribution in [0.5, 0.6) is 0 Å². The van der Waals surface area contributed by atoms with Crippen molar-refractivity contribution in [2.45, 2.75) is 13.5 Å². The lowest BCUT2D eigenvalue weighted by atomic mass is 10.3. The van der Waals surface area contributed by atoms with Crippen molar-refractivity contribution in [3.63, 3.8) is 0 Å². The van der Waals surface area contributed by atoms with Crippen LogP contribution in [-0.4, -0.2) is 14.5 Å². The number of nitrogen functional groups attached to an aromatic ring is 1. The molecule has 0 aromatic carbocycles. The van der Waals surface area contributed by atoms with Gasteiger partial charge in [0.15, 0.2) is 0 Å². The van der Waals surface area contributed by atoms with E-state index in [9.17, 15) is 4.79 Å². The molecule has 0 amide bonds. The fraction of sp³-hybridized carbons (Fsp3) is 0.182. The Kier molecular flexibility index (Phi) is 4.18. The summed E-state index contributed by atoms with van der Waals surface area (Å²) in [6.45, 7) is 1.97. The number of hydrogen-bond donors (Lipinski definition) is 2. The minimum atomic E-state index is -0.184. The summed E-state index contributed by atoms with van der Waals surface area (Å²) in [4.78, 5) is 20.3. The molecule has 19 heavy (non-hydrogen) atoms. The van der Waals surface area contributed by atoms with E-state index in [1.54, 1.807) is 19.1 Å². The monoisotopic (exact) mass is 343 g/mol. The summed E-state index contributed by atoms with van der Waals surface area (Å²) in [7, 11) is 0. The molecule has 2 aromatic heterocycles. The zero-order chi connectivity index (χ0) is 14.0. The number of aromatic nitrogens is 3. The molecule has 0 fully saturated rings. The van der Waals surface area contributed by atoms with Gasteiger partial charge in [0.2, 0.25) is 0 Å². The van der Waals surface area contributed by atoms with E-state index in [2.05, 4.69) is 31.3 Å². The Morgan fingerprint density at radius 2 is 2.26 bits per heavy atom. The van der Waals surface area contributed by atoms with Crippen LogP contribution in [0.2, 0.25) is 5.02 Å². The van der Waals surface area contributed by atoms with E-state index in [1.807, 2.05) is 0 Å². The number of nitrogens with zero attached hydrogens (tertiary/aromatic N) is 3. The van der Waals surface area contributed by atoms with Gasteiger partial charge < -0.3 is 5.43 Å². The van der Waals surface area contributed by atoms with Crippen molar-refractivity contribution in [2.24, 2.45) is 5.84 Å². The molecule has 0 bridgehead atoms. The second-order valence-electron chi connectivity index (χ2n) is 3.85. The number of pyridine rings is 1. The van der Waals surface area contributed by atoms with Crippen LogP contribution < -0.4 is 16.8 Å². The van der Waals surface area contributed by atoms with Gasteiger partial charge in [-0.05, 0) is 35.0 Å². The van der Waals surface area contributed by atoms with E-state index < -0.39 is 0 Å². The molecule has 0 saturated carbocycles. The number of nitrogens with two attached hydrogens (primary N) is 1. The quantitative estimate of drug-likeness (QED) is 0.654. The molecule has 0 aliphatic heterocycles. The zero-order valence-corrected chi connectivity index (χ0v) is 12.4. The highest BCUT2D eigenvalue weighted by molar-refractivity contribution is 9.10. The summed E-state index contributed by atoms with van der Waals surface area (Å²) in [5, 5.41) is 0.461. The number of hydrazine groups is 1. The van der Waals surface area contributed by atoms with Gasteiger partial charge in [0.05, 0.1) is 29.3 Å². The third-order valence-electron chi connectivity index (χ3n) is 2.54. The minimum Gasteiger partial charge on any atom is -0.308 e. The van der Waals surface area contributed by atoms with Crippen molar-refractivity contribution in [2.75, 3.05) is 5.43 Å². The molecule has 0 spiro atoms. The standard InChI is InChI=1S/C11H11BrClN5O/c1-6-10(12)11(19)18(5-15-6)4-8-7(13)2-3-9(16-8)17-14/h2-3,5H,4,14H2,1H3,(H,16,17). The molecule has 2 aromatic rings. The summed E-state index contributed by atoms with van der Waals surface area (Å²) >= 11 is 9.26. The largest absolute Gasteiger partial charge is 0.308 e. The molecule has 2 heterocycles. The SMILES string of the molecule is Cc1ncn(Cc2nc(NN)ccc2Cl)c(=O)c1Br. The van der Waals surface area contributed by atoms with Crippen LogP contribution in [0, 0.1) is 6.92 Å². The molecular formula is C11H11BrClN5O. The predicted molar refractivity (Wildman–Crippen MR) is 77.1 cm³/mol. The summed E-state index contributed by atoms with van der Waals surface area (Å²) in [6, 6.07) is 3.32. The van der Waals surface area contributed by atoms with Gasteiger partial charge in [-0.25, -0.2) is 15.8 Å². The molecule has 6 nitrogen and oxygen atoms in total. The second-order valence-corrected chi connectivity index (χ2v) is 5.05. The lowest BCUT2D eigenvalue weighted by molar-refractivity contribution is 0.709. The molecule has 100 valence electrons. The lowest BCUT2D eigenvalue weighted by Crippen LogP contribution is -2.23. The van der Waals surface area contributed by atoms with Crippen molar-refractivity contribution in [3.05, 3.63) is 49.7 Å². The molecule has 8 heteroatoms. The Labute approximate surface area is 122 Å². The highest BCUT2D eigenvalue weighted by atomic mass is 79.9. The predicted octanol–water partition coefficient (Wildman–Crippen LogP) is 1.70. The van der Waals surface area contributed by atoms with E-state index in [4.69, 9.17) is 17.4 Å². The normalized spacial score (nSPS) is 10.5. The zero-order valence-electron chi connectivity index (χ0n) is 10.0. The first kappa shape index (κ1) is 14.0. The number of rotatable bonds is 3. The van der Waals surface area contributed by atoms with Crippen molar-refractivity contribution in [3.8, 4) is 0 Å². The van der Waals surface area contributed by atoms with Crippen molar-refractivity contribution >= 4 is 33.3 Å². The van der Waals surface area contributed by atoms with Gasteiger partial charge in [0.25, 0.3) is 5.56 Å². The third-order valence-corrected chi connectivity index (χ3v) is 3.80. The molecule has 0 aliphatic carbocycles. The Morgan fingerprint density at radius 1 is 1.53 bits per heavy atom. The Balaban J connectivity index is 2.42. The average molecular weight is 345 g/mol. The highest BCUT2D eigenvalue weighted by Gasteiger charge is 2.09. The Morgan fingerprint density at radius 3 is 2.95 bits per heavy atom. The van der Waals surface area contributed by atoms with Gasteiger partial charge in [-0.1, -0.05) is 11.6 Å². The van der Waals surface area contributed by atoms with Crippen LogP contribution in [0.4, 0.5) is 5.82 Å². The summed E-state index contributed by atoms with van der Waals surface area (Å²) in [5.41, 5.74) is 3.43. The molecule has 0 radical (unpaired) electrons. The fourth-order valence-corrected chi connectivity index (χ4v) is 1.99. The first-order chi connectivity index (χ1) is 9.02. The van der Waals surface area contributed by atoms with Crippen LogP contribution in [-0.2, 0) is 6.54 Å². The maximum absolute atomic E-state index is 12.0. The van der Waals surface area contributed by atoms with Crippen LogP contribution in [0.1, 0.15) is 11.4 Å². The van der Waals surface area contributed by atoms with E-state index in [0.717, 1.165) is 0 Å². The van der Waals surface area contributed by atoms with Gasteiger partial charge in [-0.3, -0.25) is 9.36 Å². The highest BCUT2D eigenvalue weighted by Crippen LogP contribution is 2.17. The van der Waals surface area contributed by atoms with E-state index >= 15 is 0 Å². The van der Waals surface area contributed by atoms with Crippen molar-refractivity contribution in [1.82, 2.24) is 14.5 Å². The lowest BCUT2D eigenvalue weighted by Gasteiger charge is -2.09. The maximum Gasteiger partial charge on any atom is 0.268 e. The van der Waals surface area contributed by atoms with Crippen molar-refractivity contribution in [1.29, 1.82) is 0 Å². The van der Waals surface area contributed by atoms with Gasteiger partial charge in [0, 0.05) is 0 Å². The Bertz CT molecular complexity index is 673. The molecule has 0 saturated heterocycles. The maximum atomic E-state index is 12.0. The number of nitrogens with one attached hydrogen (secondary N) is 1. The first-order valence-electron chi connectivity index (χ1n) is 5.36. The molecule has 0 unspecified atom stereocenters. The van der Waals surface area contributed by atoms with Crippen LogP contribution >= 0.6 is 27.5 Å².